The quantitative estimate of drug-likeness (QED) is 0.724. The van der Waals surface area contributed by atoms with Crippen LogP contribution < -0.4 is 5.32 Å². The molecule has 17 heavy (non-hydrogen) atoms. The van der Waals surface area contributed by atoms with Crippen molar-refractivity contribution in [1.29, 1.82) is 5.26 Å². The largest absolute Gasteiger partial charge is 0.394 e. The predicted molar refractivity (Wildman–Crippen MR) is 69.5 cm³/mol. The molecule has 0 bridgehead atoms. The first-order valence-electron chi connectivity index (χ1n) is 6.99. The molecule has 1 fully saturated rings. The fourth-order valence-corrected chi connectivity index (χ4v) is 2.75. The Bertz CT molecular complexity index is 247. The summed E-state index contributed by atoms with van der Waals surface area (Å²) in [6, 6.07) is 2.70. The van der Waals surface area contributed by atoms with Crippen LogP contribution in [0.3, 0.4) is 0 Å². The fraction of sp³-hybridized carbons (Fsp3) is 0.929. The molecule has 0 aromatic rings. The number of aliphatic hydroxyl groups excluding tert-OH is 1. The lowest BCUT2D eigenvalue weighted by atomic mass is 9.88. The Hall–Kier alpha value is -0.590. The second-order valence-electron chi connectivity index (χ2n) is 5.27. The Balaban J connectivity index is 2.71. The van der Waals surface area contributed by atoms with E-state index in [0.29, 0.717) is 0 Å². The van der Waals surface area contributed by atoms with Gasteiger partial charge in [-0.3, -0.25) is 0 Å². The molecule has 3 nitrogen and oxygen atoms in total. The van der Waals surface area contributed by atoms with E-state index in [9.17, 15) is 10.4 Å². The maximum Gasteiger partial charge on any atom is 0.0672 e. The summed E-state index contributed by atoms with van der Waals surface area (Å²) < 4.78 is 0. The molecule has 3 heteroatoms. The van der Waals surface area contributed by atoms with Gasteiger partial charge in [0.25, 0.3) is 0 Å². The number of aliphatic hydroxyl groups is 1. The maximum absolute atomic E-state index is 9.59. The normalized spacial score (nSPS) is 26.2. The average molecular weight is 238 g/mol. The number of nitrogens with zero attached hydrogens (tertiary/aromatic N) is 1. The van der Waals surface area contributed by atoms with Gasteiger partial charge in [0.1, 0.15) is 0 Å². The molecule has 0 spiro atoms. The third kappa shape index (κ3) is 3.69. The second-order valence-corrected chi connectivity index (χ2v) is 5.27. The van der Waals surface area contributed by atoms with Crippen molar-refractivity contribution in [2.24, 2.45) is 5.92 Å². The Labute approximate surface area is 105 Å². The monoisotopic (exact) mass is 238 g/mol. The van der Waals surface area contributed by atoms with Crippen molar-refractivity contribution in [1.82, 2.24) is 5.32 Å². The molecule has 0 amide bonds. The molecule has 2 atom stereocenters. The lowest BCUT2D eigenvalue weighted by molar-refractivity contribution is 0.128. The van der Waals surface area contributed by atoms with E-state index in [1.807, 2.05) is 0 Å². The van der Waals surface area contributed by atoms with E-state index in [-0.39, 0.29) is 24.1 Å². The summed E-state index contributed by atoms with van der Waals surface area (Å²) >= 11 is 0. The summed E-state index contributed by atoms with van der Waals surface area (Å²) in [5.74, 6) is 0.113. The summed E-state index contributed by atoms with van der Waals surface area (Å²) in [7, 11) is 0. The van der Waals surface area contributed by atoms with E-state index in [1.165, 1.54) is 19.3 Å². The van der Waals surface area contributed by atoms with Gasteiger partial charge in [0.15, 0.2) is 0 Å². The standard InChI is InChI=1S/C14H26N2O/c1-3-14(4-2,11-17)16-13-9-7-5-6-8-12(13)10-15/h12-13,16-17H,3-9,11H2,1-2H3. The summed E-state index contributed by atoms with van der Waals surface area (Å²) in [6.07, 6.45) is 7.50. The van der Waals surface area contributed by atoms with Crippen LogP contribution in [0.2, 0.25) is 0 Å². The number of hydrogen-bond donors (Lipinski definition) is 2. The van der Waals surface area contributed by atoms with Crippen molar-refractivity contribution in [2.45, 2.75) is 70.4 Å². The van der Waals surface area contributed by atoms with Crippen molar-refractivity contribution in [3.8, 4) is 6.07 Å². The van der Waals surface area contributed by atoms with Crippen LogP contribution in [0.15, 0.2) is 0 Å². The highest BCUT2D eigenvalue weighted by Gasteiger charge is 2.32. The van der Waals surface area contributed by atoms with Crippen molar-refractivity contribution >= 4 is 0 Å². The number of hydrogen-bond acceptors (Lipinski definition) is 3. The van der Waals surface area contributed by atoms with Gasteiger partial charge in [-0.05, 0) is 25.7 Å². The van der Waals surface area contributed by atoms with Crippen molar-refractivity contribution in [2.75, 3.05) is 6.61 Å². The molecular formula is C14H26N2O. The highest BCUT2D eigenvalue weighted by Crippen LogP contribution is 2.26. The SMILES string of the molecule is CCC(CC)(CO)NC1CCCCCC1C#N. The number of nitrogens with one attached hydrogen (secondary N) is 1. The van der Waals surface area contributed by atoms with Crippen molar-refractivity contribution < 1.29 is 5.11 Å². The summed E-state index contributed by atoms with van der Waals surface area (Å²) in [4.78, 5) is 0. The smallest absolute Gasteiger partial charge is 0.0672 e. The lowest BCUT2D eigenvalue weighted by Crippen LogP contribution is -2.54. The Kier molecular flexibility index (Phi) is 5.94. The second kappa shape index (κ2) is 6.98. The Morgan fingerprint density at radius 3 is 2.41 bits per heavy atom. The van der Waals surface area contributed by atoms with Crippen LogP contribution in [0.1, 0.15) is 58.8 Å². The predicted octanol–water partition coefficient (Wildman–Crippen LogP) is 2.60. The topological polar surface area (TPSA) is 56.0 Å². The van der Waals surface area contributed by atoms with Crippen LogP contribution >= 0.6 is 0 Å². The van der Waals surface area contributed by atoms with Crippen LogP contribution in [-0.4, -0.2) is 23.3 Å². The van der Waals surface area contributed by atoms with E-state index in [1.54, 1.807) is 0 Å². The van der Waals surface area contributed by atoms with E-state index < -0.39 is 0 Å². The minimum atomic E-state index is -0.190. The molecule has 0 radical (unpaired) electrons. The van der Waals surface area contributed by atoms with E-state index in [2.05, 4.69) is 25.2 Å². The molecule has 1 aliphatic rings. The Morgan fingerprint density at radius 1 is 1.24 bits per heavy atom. The van der Waals surface area contributed by atoms with Crippen LogP contribution in [0.5, 0.6) is 0 Å². The van der Waals surface area contributed by atoms with Gasteiger partial charge in [0, 0.05) is 11.6 Å². The molecule has 2 unspecified atom stereocenters. The van der Waals surface area contributed by atoms with Crippen molar-refractivity contribution in [3.05, 3.63) is 0 Å². The molecule has 0 saturated heterocycles. The van der Waals surface area contributed by atoms with Gasteiger partial charge in [-0.2, -0.15) is 5.26 Å². The van der Waals surface area contributed by atoms with Gasteiger partial charge in [0.2, 0.25) is 0 Å². The molecule has 2 N–H and O–H groups in total. The summed E-state index contributed by atoms with van der Waals surface area (Å²) in [5.41, 5.74) is -0.190. The molecule has 1 saturated carbocycles. The van der Waals surface area contributed by atoms with Gasteiger partial charge >= 0.3 is 0 Å². The maximum atomic E-state index is 9.59. The minimum absolute atomic E-state index is 0.113. The number of nitriles is 1. The number of rotatable bonds is 5. The molecule has 0 aromatic carbocycles. The van der Waals surface area contributed by atoms with Crippen LogP contribution in [0.4, 0.5) is 0 Å². The molecule has 0 aromatic heterocycles. The molecular weight excluding hydrogens is 212 g/mol. The van der Waals surface area contributed by atoms with Gasteiger partial charge < -0.3 is 10.4 Å². The van der Waals surface area contributed by atoms with Gasteiger partial charge in [-0.1, -0.05) is 33.1 Å². The lowest BCUT2D eigenvalue weighted by Gasteiger charge is -2.36. The molecule has 98 valence electrons. The van der Waals surface area contributed by atoms with E-state index in [4.69, 9.17) is 0 Å². The van der Waals surface area contributed by atoms with Gasteiger partial charge in [-0.15, -0.1) is 0 Å². The first kappa shape index (κ1) is 14.5. The van der Waals surface area contributed by atoms with Crippen molar-refractivity contribution in [3.63, 3.8) is 0 Å². The molecule has 1 aliphatic carbocycles. The molecule has 0 heterocycles. The molecule has 1 rings (SSSR count). The zero-order valence-electron chi connectivity index (χ0n) is 11.2. The molecule has 0 aliphatic heterocycles. The van der Waals surface area contributed by atoms with Crippen LogP contribution in [0.25, 0.3) is 0 Å². The highest BCUT2D eigenvalue weighted by molar-refractivity contribution is 4.98. The first-order chi connectivity index (χ1) is 8.21. The third-order valence-electron chi connectivity index (χ3n) is 4.33. The zero-order valence-corrected chi connectivity index (χ0v) is 11.2. The minimum Gasteiger partial charge on any atom is -0.394 e. The van der Waals surface area contributed by atoms with Crippen LogP contribution in [-0.2, 0) is 0 Å². The van der Waals surface area contributed by atoms with Gasteiger partial charge in [-0.25, -0.2) is 0 Å². The van der Waals surface area contributed by atoms with E-state index >= 15 is 0 Å². The van der Waals surface area contributed by atoms with Crippen LogP contribution in [0, 0.1) is 17.2 Å². The fourth-order valence-electron chi connectivity index (χ4n) is 2.75. The van der Waals surface area contributed by atoms with Gasteiger partial charge in [0.05, 0.1) is 18.6 Å². The summed E-state index contributed by atoms with van der Waals surface area (Å²) in [5, 5.41) is 22.4. The first-order valence-corrected chi connectivity index (χ1v) is 6.99. The summed E-state index contributed by atoms with van der Waals surface area (Å²) in [6.45, 7) is 4.37. The third-order valence-corrected chi connectivity index (χ3v) is 4.33. The highest BCUT2D eigenvalue weighted by atomic mass is 16.3. The zero-order chi connectivity index (χ0) is 12.7. The van der Waals surface area contributed by atoms with E-state index in [0.717, 1.165) is 25.7 Å². The Morgan fingerprint density at radius 2 is 1.88 bits per heavy atom. The average Bonchev–Trinajstić information content (AvgIpc) is 2.61.